The average Bonchev–Trinajstić information content (AvgIpc) is 3.34. The van der Waals surface area contributed by atoms with E-state index in [1.807, 2.05) is 24.6 Å². The summed E-state index contributed by atoms with van der Waals surface area (Å²) in [5.74, 6) is -0.158. The number of piperidine rings is 1. The van der Waals surface area contributed by atoms with E-state index in [2.05, 4.69) is 15.6 Å². The zero-order chi connectivity index (χ0) is 23.4. The third-order valence-electron chi connectivity index (χ3n) is 5.61. The van der Waals surface area contributed by atoms with Gasteiger partial charge in [0.05, 0.1) is 29.3 Å². The third-order valence-corrected chi connectivity index (χ3v) is 8.35. The molecular weight excluding hydrogens is 460 g/mol. The van der Waals surface area contributed by atoms with Crippen LogP contribution >= 0.6 is 11.3 Å². The lowest BCUT2D eigenvalue weighted by Gasteiger charge is -2.31. The Morgan fingerprint density at radius 3 is 2.70 bits per heavy atom. The van der Waals surface area contributed by atoms with E-state index in [9.17, 15) is 13.2 Å². The highest BCUT2D eigenvalue weighted by atomic mass is 32.2. The summed E-state index contributed by atoms with van der Waals surface area (Å²) in [5, 5.41) is 8.70. The van der Waals surface area contributed by atoms with Crippen molar-refractivity contribution in [2.75, 3.05) is 37.9 Å². The van der Waals surface area contributed by atoms with E-state index < -0.39 is 15.9 Å². The van der Waals surface area contributed by atoms with Crippen LogP contribution < -0.4 is 15.4 Å². The number of sulfonamides is 1. The lowest BCUT2D eigenvalue weighted by molar-refractivity contribution is -0.120. The topological polar surface area (TPSA) is 101 Å². The Balaban J connectivity index is 1.52. The summed E-state index contributed by atoms with van der Waals surface area (Å²) in [6, 6.07) is 13.8. The van der Waals surface area contributed by atoms with Gasteiger partial charge < -0.3 is 15.4 Å². The molecule has 0 spiro atoms. The van der Waals surface area contributed by atoms with Gasteiger partial charge >= 0.3 is 0 Å². The van der Waals surface area contributed by atoms with Crippen LogP contribution in [0.4, 0.5) is 10.8 Å². The number of carbonyl (C=O) groups is 1. The van der Waals surface area contributed by atoms with Gasteiger partial charge in [0, 0.05) is 31.1 Å². The van der Waals surface area contributed by atoms with Gasteiger partial charge in [0.25, 0.3) is 0 Å². The maximum Gasteiger partial charge on any atom is 0.243 e. The van der Waals surface area contributed by atoms with Gasteiger partial charge in [-0.2, -0.15) is 4.31 Å². The van der Waals surface area contributed by atoms with Crippen molar-refractivity contribution in [2.45, 2.75) is 17.7 Å². The van der Waals surface area contributed by atoms with E-state index in [1.54, 1.807) is 43.5 Å². The Morgan fingerprint density at radius 1 is 1.21 bits per heavy atom. The van der Waals surface area contributed by atoms with Gasteiger partial charge in [-0.3, -0.25) is 4.79 Å². The standard InChI is InChI=1S/C23H26N4O4S2/c1-24-23-26-20(15-32-23)16-10-11-21(31-2)19(13-16)25-22(28)17-7-6-12-27(14-17)33(29,30)18-8-4-3-5-9-18/h3-5,8-11,13,15,17H,6-7,12,14H2,1-2H3,(H,24,26)(H,25,28)/t17-/m0/s1. The highest BCUT2D eigenvalue weighted by molar-refractivity contribution is 7.89. The van der Waals surface area contributed by atoms with Crippen LogP contribution in [0.2, 0.25) is 0 Å². The molecule has 1 aliphatic heterocycles. The number of thiazole rings is 1. The maximum absolute atomic E-state index is 13.1. The average molecular weight is 487 g/mol. The smallest absolute Gasteiger partial charge is 0.243 e. The van der Waals surface area contributed by atoms with Crippen molar-refractivity contribution in [1.29, 1.82) is 0 Å². The van der Waals surface area contributed by atoms with Crippen LogP contribution in [-0.4, -0.2) is 50.9 Å². The van der Waals surface area contributed by atoms with Crippen LogP contribution in [-0.2, 0) is 14.8 Å². The van der Waals surface area contributed by atoms with Crippen molar-refractivity contribution in [3.8, 4) is 17.0 Å². The molecule has 10 heteroatoms. The van der Waals surface area contributed by atoms with E-state index in [1.165, 1.54) is 15.6 Å². The number of benzene rings is 2. The van der Waals surface area contributed by atoms with Crippen LogP contribution in [0.15, 0.2) is 58.8 Å². The molecule has 3 aromatic rings. The summed E-state index contributed by atoms with van der Waals surface area (Å²) >= 11 is 1.49. The second-order valence-electron chi connectivity index (χ2n) is 7.71. The maximum atomic E-state index is 13.1. The largest absolute Gasteiger partial charge is 0.495 e. The number of aromatic nitrogens is 1. The minimum atomic E-state index is -3.64. The SMILES string of the molecule is CNc1nc(-c2ccc(OC)c(NC(=O)[C@H]3CCCN(S(=O)(=O)c4ccccc4)C3)c2)cs1. The fraction of sp³-hybridized carbons (Fsp3) is 0.304. The molecule has 0 aliphatic carbocycles. The number of ether oxygens (including phenoxy) is 1. The highest BCUT2D eigenvalue weighted by Gasteiger charge is 2.33. The van der Waals surface area contributed by atoms with Gasteiger partial charge in [-0.15, -0.1) is 11.3 Å². The number of hydrogen-bond acceptors (Lipinski definition) is 7. The normalized spacial score (nSPS) is 16.8. The quantitative estimate of drug-likeness (QED) is 0.525. The van der Waals surface area contributed by atoms with E-state index in [0.717, 1.165) is 16.4 Å². The van der Waals surface area contributed by atoms with Crippen LogP contribution in [0.3, 0.4) is 0 Å². The number of anilines is 2. The number of hydrogen-bond donors (Lipinski definition) is 2. The van der Waals surface area contributed by atoms with E-state index in [-0.39, 0.29) is 17.3 Å². The molecule has 4 rings (SSSR count). The molecule has 174 valence electrons. The number of methoxy groups -OCH3 is 1. The molecule has 1 amide bonds. The lowest BCUT2D eigenvalue weighted by Crippen LogP contribution is -2.43. The third kappa shape index (κ3) is 5.02. The zero-order valence-corrected chi connectivity index (χ0v) is 20.1. The minimum Gasteiger partial charge on any atom is -0.495 e. The van der Waals surface area contributed by atoms with Crippen molar-refractivity contribution < 1.29 is 17.9 Å². The second-order valence-corrected chi connectivity index (χ2v) is 10.5. The molecule has 1 atom stereocenters. The second kappa shape index (κ2) is 9.90. The summed E-state index contributed by atoms with van der Waals surface area (Å²) in [4.78, 5) is 17.9. The Labute approximate surface area is 197 Å². The molecular formula is C23H26N4O4S2. The highest BCUT2D eigenvalue weighted by Crippen LogP contribution is 2.33. The van der Waals surface area contributed by atoms with Crippen molar-refractivity contribution in [2.24, 2.45) is 5.92 Å². The zero-order valence-electron chi connectivity index (χ0n) is 18.4. The van der Waals surface area contributed by atoms with Crippen LogP contribution in [0, 0.1) is 5.92 Å². The van der Waals surface area contributed by atoms with Gasteiger partial charge in [-0.25, -0.2) is 13.4 Å². The molecule has 0 unspecified atom stereocenters. The summed E-state index contributed by atoms with van der Waals surface area (Å²) in [6.07, 6.45) is 1.24. The van der Waals surface area contributed by atoms with Crippen molar-refractivity contribution in [3.63, 3.8) is 0 Å². The van der Waals surface area contributed by atoms with Crippen LogP contribution in [0.1, 0.15) is 12.8 Å². The van der Waals surface area contributed by atoms with Crippen LogP contribution in [0.5, 0.6) is 5.75 Å². The molecule has 0 radical (unpaired) electrons. The fourth-order valence-electron chi connectivity index (χ4n) is 3.84. The summed E-state index contributed by atoms with van der Waals surface area (Å²) in [5.41, 5.74) is 2.17. The summed E-state index contributed by atoms with van der Waals surface area (Å²) < 4.78 is 32.8. The molecule has 1 aliphatic rings. The Bertz CT molecular complexity index is 1230. The van der Waals surface area contributed by atoms with Crippen LogP contribution in [0.25, 0.3) is 11.3 Å². The Morgan fingerprint density at radius 2 is 2.00 bits per heavy atom. The molecule has 0 saturated carbocycles. The molecule has 1 saturated heterocycles. The molecule has 2 N–H and O–H groups in total. The predicted molar refractivity (Wildman–Crippen MR) is 130 cm³/mol. The van der Waals surface area contributed by atoms with E-state index >= 15 is 0 Å². The summed E-state index contributed by atoms with van der Waals surface area (Å²) in [6.45, 7) is 0.542. The molecule has 2 heterocycles. The first-order chi connectivity index (χ1) is 15.9. The molecule has 1 aromatic heterocycles. The Kier molecular flexibility index (Phi) is 6.96. The number of amides is 1. The monoisotopic (exact) mass is 486 g/mol. The number of carbonyl (C=O) groups excluding carboxylic acids is 1. The number of rotatable bonds is 7. The number of nitrogens with zero attached hydrogens (tertiary/aromatic N) is 2. The lowest BCUT2D eigenvalue weighted by atomic mass is 9.98. The first kappa shape index (κ1) is 23.2. The summed E-state index contributed by atoms with van der Waals surface area (Å²) in [7, 11) is -0.285. The Hall–Kier alpha value is -2.95. The molecule has 8 nitrogen and oxygen atoms in total. The molecule has 2 aromatic carbocycles. The van der Waals surface area contributed by atoms with Gasteiger partial charge in [0.15, 0.2) is 5.13 Å². The van der Waals surface area contributed by atoms with E-state index in [0.29, 0.717) is 30.8 Å². The van der Waals surface area contributed by atoms with Gasteiger partial charge in [-0.1, -0.05) is 18.2 Å². The van der Waals surface area contributed by atoms with Crippen molar-refractivity contribution >= 4 is 38.1 Å². The molecule has 1 fully saturated rings. The predicted octanol–water partition coefficient (Wildman–Crippen LogP) is 3.90. The number of nitrogens with one attached hydrogen (secondary N) is 2. The first-order valence-corrected chi connectivity index (χ1v) is 12.9. The van der Waals surface area contributed by atoms with Crippen molar-refractivity contribution in [1.82, 2.24) is 9.29 Å². The van der Waals surface area contributed by atoms with Crippen molar-refractivity contribution in [3.05, 3.63) is 53.9 Å². The fourth-order valence-corrected chi connectivity index (χ4v) is 6.06. The first-order valence-electron chi connectivity index (χ1n) is 10.6. The van der Waals surface area contributed by atoms with E-state index in [4.69, 9.17) is 4.74 Å². The van der Waals surface area contributed by atoms with Gasteiger partial charge in [-0.05, 0) is 43.2 Å². The molecule has 33 heavy (non-hydrogen) atoms. The minimum absolute atomic E-state index is 0.142. The molecule has 0 bridgehead atoms. The van der Waals surface area contributed by atoms with Gasteiger partial charge in [0.2, 0.25) is 15.9 Å². The van der Waals surface area contributed by atoms with Gasteiger partial charge in [0.1, 0.15) is 5.75 Å².